The fraction of sp³-hybridized carbons (Fsp3) is 0.538. The Labute approximate surface area is 107 Å². The molecule has 2 N–H and O–H groups in total. The summed E-state index contributed by atoms with van der Waals surface area (Å²) in [5.74, 6) is -0.299. The van der Waals surface area contributed by atoms with Gasteiger partial charge in [0.1, 0.15) is 5.54 Å². The van der Waals surface area contributed by atoms with Crippen molar-refractivity contribution in [3.05, 3.63) is 23.9 Å². The second kappa shape index (κ2) is 6.35. The van der Waals surface area contributed by atoms with E-state index >= 15 is 0 Å². The second-order valence-electron chi connectivity index (χ2n) is 4.12. The fourth-order valence-corrected chi connectivity index (χ4v) is 1.88. The maximum absolute atomic E-state index is 11.3. The molecule has 0 spiro atoms. The van der Waals surface area contributed by atoms with Crippen LogP contribution in [0.1, 0.15) is 32.3 Å². The Morgan fingerprint density at radius 3 is 2.67 bits per heavy atom. The predicted molar refractivity (Wildman–Crippen MR) is 68.6 cm³/mol. The number of aliphatic carboxylic acids is 1. The van der Waals surface area contributed by atoms with Crippen molar-refractivity contribution in [2.24, 2.45) is 0 Å². The van der Waals surface area contributed by atoms with Crippen LogP contribution in [0.25, 0.3) is 0 Å². The van der Waals surface area contributed by atoms with Gasteiger partial charge in [-0.3, -0.25) is 10.1 Å². The number of nitrogens with zero attached hydrogens (tertiary/aromatic N) is 1. The molecule has 0 aliphatic rings. The normalized spacial score (nSPS) is 11.3. The molecule has 5 nitrogen and oxygen atoms in total. The standard InChI is InChI=1S/C13H20N2O3/c1-4-13(5-2,12(16)17)15-9-10-7-6-8-14-11(10)18-3/h6-8,15H,4-5,9H2,1-3H3,(H,16,17). The number of pyridine rings is 1. The number of carbonyl (C=O) groups is 1. The number of aromatic nitrogens is 1. The fourth-order valence-electron chi connectivity index (χ4n) is 1.88. The van der Waals surface area contributed by atoms with Crippen molar-refractivity contribution in [2.45, 2.75) is 38.8 Å². The molecule has 1 heterocycles. The summed E-state index contributed by atoms with van der Waals surface area (Å²) in [6, 6.07) is 3.68. The van der Waals surface area contributed by atoms with E-state index in [-0.39, 0.29) is 0 Å². The Hall–Kier alpha value is -1.62. The average Bonchev–Trinajstić information content (AvgIpc) is 2.40. The Morgan fingerprint density at radius 2 is 2.17 bits per heavy atom. The SMILES string of the molecule is CCC(CC)(NCc1cccnc1OC)C(=O)O. The van der Waals surface area contributed by atoms with Crippen LogP contribution in [0.3, 0.4) is 0 Å². The Bertz CT molecular complexity index is 403. The molecule has 18 heavy (non-hydrogen) atoms. The van der Waals surface area contributed by atoms with E-state index in [0.717, 1.165) is 5.56 Å². The number of hydrogen-bond donors (Lipinski definition) is 2. The van der Waals surface area contributed by atoms with Crippen LogP contribution in [0.4, 0.5) is 0 Å². The van der Waals surface area contributed by atoms with E-state index in [2.05, 4.69) is 10.3 Å². The summed E-state index contributed by atoms with van der Waals surface area (Å²) in [6.45, 7) is 4.15. The number of carboxylic acid groups (broad SMARTS) is 1. The van der Waals surface area contributed by atoms with Gasteiger partial charge >= 0.3 is 5.97 Å². The highest BCUT2D eigenvalue weighted by atomic mass is 16.5. The van der Waals surface area contributed by atoms with Crippen molar-refractivity contribution in [3.63, 3.8) is 0 Å². The van der Waals surface area contributed by atoms with Gasteiger partial charge in [-0.25, -0.2) is 4.98 Å². The first-order valence-electron chi connectivity index (χ1n) is 6.06. The second-order valence-corrected chi connectivity index (χ2v) is 4.12. The minimum Gasteiger partial charge on any atom is -0.481 e. The number of ether oxygens (including phenoxy) is 1. The smallest absolute Gasteiger partial charge is 0.323 e. The topological polar surface area (TPSA) is 71.5 Å². The highest BCUT2D eigenvalue weighted by Crippen LogP contribution is 2.19. The molecule has 100 valence electrons. The number of rotatable bonds is 7. The molecular weight excluding hydrogens is 232 g/mol. The molecule has 0 aliphatic carbocycles. The quantitative estimate of drug-likeness (QED) is 0.774. The van der Waals surface area contributed by atoms with Crippen molar-refractivity contribution < 1.29 is 14.6 Å². The summed E-state index contributed by atoms with van der Waals surface area (Å²) in [7, 11) is 1.55. The first-order chi connectivity index (χ1) is 8.59. The molecule has 1 aromatic heterocycles. The lowest BCUT2D eigenvalue weighted by Gasteiger charge is -2.28. The van der Waals surface area contributed by atoms with Crippen molar-refractivity contribution in [1.82, 2.24) is 10.3 Å². The Balaban J connectivity index is 2.82. The molecule has 0 atom stereocenters. The molecular formula is C13H20N2O3. The Morgan fingerprint density at radius 1 is 1.50 bits per heavy atom. The third-order valence-corrected chi connectivity index (χ3v) is 3.28. The van der Waals surface area contributed by atoms with Crippen molar-refractivity contribution in [1.29, 1.82) is 0 Å². The zero-order valence-electron chi connectivity index (χ0n) is 11.1. The number of carboxylic acids is 1. The maximum atomic E-state index is 11.3. The van der Waals surface area contributed by atoms with E-state index in [1.807, 2.05) is 19.9 Å². The molecule has 0 aromatic carbocycles. The predicted octanol–water partition coefficient (Wildman–Crippen LogP) is 1.82. The first-order valence-corrected chi connectivity index (χ1v) is 6.06. The van der Waals surface area contributed by atoms with E-state index in [1.165, 1.54) is 0 Å². The van der Waals surface area contributed by atoms with Gasteiger partial charge in [-0.05, 0) is 18.9 Å². The van der Waals surface area contributed by atoms with E-state index in [9.17, 15) is 9.90 Å². The lowest BCUT2D eigenvalue weighted by atomic mass is 9.92. The van der Waals surface area contributed by atoms with Gasteiger partial charge in [0, 0.05) is 18.3 Å². The van der Waals surface area contributed by atoms with Gasteiger partial charge in [0.15, 0.2) is 0 Å². The highest BCUT2D eigenvalue weighted by molar-refractivity contribution is 5.78. The molecule has 0 aliphatic heterocycles. The largest absolute Gasteiger partial charge is 0.481 e. The molecule has 1 rings (SSSR count). The highest BCUT2D eigenvalue weighted by Gasteiger charge is 2.34. The Kier molecular flexibility index (Phi) is 5.09. The average molecular weight is 252 g/mol. The van der Waals surface area contributed by atoms with Gasteiger partial charge in [-0.1, -0.05) is 19.9 Å². The summed E-state index contributed by atoms with van der Waals surface area (Å²) < 4.78 is 5.14. The minimum absolute atomic E-state index is 0.422. The summed E-state index contributed by atoms with van der Waals surface area (Å²) in [4.78, 5) is 15.4. The molecule has 0 bridgehead atoms. The summed E-state index contributed by atoms with van der Waals surface area (Å²) in [5.41, 5.74) is -0.0339. The van der Waals surface area contributed by atoms with Gasteiger partial charge < -0.3 is 9.84 Å². The van der Waals surface area contributed by atoms with Crippen molar-refractivity contribution >= 4 is 5.97 Å². The van der Waals surface area contributed by atoms with Crippen LogP contribution in [0.15, 0.2) is 18.3 Å². The minimum atomic E-state index is -0.888. The van der Waals surface area contributed by atoms with E-state index in [1.54, 1.807) is 19.4 Å². The van der Waals surface area contributed by atoms with Gasteiger partial charge in [0.25, 0.3) is 0 Å². The molecule has 5 heteroatoms. The summed E-state index contributed by atoms with van der Waals surface area (Å²) >= 11 is 0. The third-order valence-electron chi connectivity index (χ3n) is 3.28. The van der Waals surface area contributed by atoms with E-state index < -0.39 is 11.5 Å². The number of methoxy groups -OCH3 is 1. The van der Waals surface area contributed by atoms with Gasteiger partial charge in [0.2, 0.25) is 5.88 Å². The molecule has 0 unspecified atom stereocenters. The van der Waals surface area contributed by atoms with Crippen molar-refractivity contribution in [2.75, 3.05) is 7.11 Å². The van der Waals surface area contributed by atoms with E-state index in [0.29, 0.717) is 25.3 Å². The molecule has 0 fully saturated rings. The molecule has 1 aromatic rings. The molecule has 0 saturated heterocycles. The maximum Gasteiger partial charge on any atom is 0.323 e. The number of hydrogen-bond acceptors (Lipinski definition) is 4. The van der Waals surface area contributed by atoms with Crippen LogP contribution in [0, 0.1) is 0 Å². The monoisotopic (exact) mass is 252 g/mol. The lowest BCUT2D eigenvalue weighted by molar-refractivity contribution is -0.145. The van der Waals surface area contributed by atoms with Gasteiger partial charge in [-0.15, -0.1) is 0 Å². The molecule has 0 saturated carbocycles. The van der Waals surface area contributed by atoms with Crippen LogP contribution in [0.2, 0.25) is 0 Å². The van der Waals surface area contributed by atoms with Gasteiger partial charge in [-0.2, -0.15) is 0 Å². The summed E-state index contributed by atoms with van der Waals surface area (Å²) in [6.07, 6.45) is 2.70. The summed E-state index contributed by atoms with van der Waals surface area (Å²) in [5, 5.41) is 12.4. The lowest BCUT2D eigenvalue weighted by Crippen LogP contribution is -2.50. The van der Waals surface area contributed by atoms with Crippen LogP contribution >= 0.6 is 0 Å². The van der Waals surface area contributed by atoms with Gasteiger partial charge in [0.05, 0.1) is 7.11 Å². The first kappa shape index (κ1) is 14.4. The van der Waals surface area contributed by atoms with E-state index in [4.69, 9.17) is 4.74 Å². The molecule has 0 radical (unpaired) electrons. The van der Waals surface area contributed by atoms with Crippen LogP contribution in [0.5, 0.6) is 5.88 Å². The van der Waals surface area contributed by atoms with Crippen LogP contribution < -0.4 is 10.1 Å². The number of nitrogens with one attached hydrogen (secondary N) is 1. The zero-order chi connectivity index (χ0) is 13.6. The zero-order valence-corrected chi connectivity index (χ0v) is 11.1. The van der Waals surface area contributed by atoms with Crippen LogP contribution in [-0.4, -0.2) is 28.7 Å². The van der Waals surface area contributed by atoms with Crippen molar-refractivity contribution in [3.8, 4) is 5.88 Å². The molecule has 0 amide bonds. The third kappa shape index (κ3) is 2.98. The van der Waals surface area contributed by atoms with Crippen LogP contribution in [-0.2, 0) is 11.3 Å².